The number of ether oxygens (including phenoxy) is 2. The van der Waals surface area contributed by atoms with Crippen LogP contribution in [0, 0.1) is 11.7 Å². The molecule has 0 heterocycles. The van der Waals surface area contributed by atoms with E-state index in [4.69, 9.17) is 21.1 Å². The van der Waals surface area contributed by atoms with Crippen molar-refractivity contribution in [3.63, 3.8) is 0 Å². The Kier molecular flexibility index (Phi) is 10.9. The van der Waals surface area contributed by atoms with Crippen LogP contribution in [0.5, 0.6) is 0 Å². The summed E-state index contributed by atoms with van der Waals surface area (Å²) in [5.74, 6) is -1.84. The standard InChI is InChI=1S/C27H35ClFNO6S/c1-6-35-25(31)20(13-14-37(5,33)34)16-22(30-26(32)36-27(2,3)4)15-18-7-9-19(10-8-18)23-17-21(28)11-12-24(23)29/h7-12,17,20,22H,6,13-16H2,1-5H3,(H,30,32)/t20-,22-/m1/s1. The molecule has 2 aromatic rings. The second kappa shape index (κ2) is 13.2. The molecule has 0 saturated carbocycles. The first-order valence-electron chi connectivity index (χ1n) is 12.0. The van der Waals surface area contributed by atoms with Crippen LogP contribution in [0.3, 0.4) is 0 Å². The molecule has 2 atom stereocenters. The van der Waals surface area contributed by atoms with Gasteiger partial charge in [0.05, 0.1) is 18.3 Å². The molecule has 37 heavy (non-hydrogen) atoms. The smallest absolute Gasteiger partial charge is 0.407 e. The van der Waals surface area contributed by atoms with Crippen molar-refractivity contribution in [2.75, 3.05) is 18.6 Å². The highest BCUT2D eigenvalue weighted by atomic mass is 35.5. The van der Waals surface area contributed by atoms with E-state index in [1.165, 1.54) is 12.1 Å². The Labute approximate surface area is 223 Å². The Morgan fingerprint density at radius 3 is 2.32 bits per heavy atom. The van der Waals surface area contributed by atoms with Crippen molar-refractivity contribution in [1.82, 2.24) is 5.32 Å². The minimum atomic E-state index is -3.31. The molecule has 0 aliphatic rings. The number of rotatable bonds is 11. The maximum Gasteiger partial charge on any atom is 0.407 e. The predicted molar refractivity (Wildman–Crippen MR) is 143 cm³/mol. The Balaban J connectivity index is 2.28. The first-order chi connectivity index (χ1) is 17.2. The summed E-state index contributed by atoms with van der Waals surface area (Å²) in [6, 6.07) is 10.9. The fraction of sp³-hybridized carbons (Fsp3) is 0.481. The molecule has 2 aromatic carbocycles. The van der Waals surface area contributed by atoms with Crippen LogP contribution in [0.4, 0.5) is 9.18 Å². The van der Waals surface area contributed by atoms with Gasteiger partial charge in [-0.15, -0.1) is 0 Å². The molecule has 0 aliphatic heterocycles. The van der Waals surface area contributed by atoms with Gasteiger partial charge in [-0.25, -0.2) is 17.6 Å². The van der Waals surface area contributed by atoms with E-state index in [0.29, 0.717) is 22.6 Å². The normalized spacial score (nSPS) is 13.5. The van der Waals surface area contributed by atoms with Gasteiger partial charge in [0, 0.05) is 22.9 Å². The van der Waals surface area contributed by atoms with Crippen LogP contribution >= 0.6 is 11.6 Å². The lowest BCUT2D eigenvalue weighted by molar-refractivity contribution is -0.148. The van der Waals surface area contributed by atoms with Crippen LogP contribution in [0.1, 0.15) is 46.1 Å². The lowest BCUT2D eigenvalue weighted by atomic mass is 9.92. The Morgan fingerprint density at radius 1 is 1.11 bits per heavy atom. The number of alkyl carbamates (subject to hydrolysis) is 1. The summed E-state index contributed by atoms with van der Waals surface area (Å²) in [5.41, 5.74) is 1.09. The van der Waals surface area contributed by atoms with Gasteiger partial charge in [-0.1, -0.05) is 35.9 Å². The van der Waals surface area contributed by atoms with E-state index < -0.39 is 45.3 Å². The average molecular weight is 556 g/mol. The summed E-state index contributed by atoms with van der Waals surface area (Å²) < 4.78 is 48.3. The third-order valence-electron chi connectivity index (χ3n) is 5.42. The van der Waals surface area contributed by atoms with Crippen molar-refractivity contribution in [1.29, 1.82) is 0 Å². The number of sulfone groups is 1. The number of carbonyl (C=O) groups is 2. The number of benzene rings is 2. The van der Waals surface area contributed by atoms with Crippen molar-refractivity contribution in [2.24, 2.45) is 5.92 Å². The molecule has 0 spiro atoms. The van der Waals surface area contributed by atoms with Crippen LogP contribution < -0.4 is 5.32 Å². The number of amides is 1. The fourth-order valence-electron chi connectivity index (χ4n) is 3.78. The number of esters is 1. The van der Waals surface area contributed by atoms with Crippen LogP contribution in [0.25, 0.3) is 11.1 Å². The predicted octanol–water partition coefficient (Wildman–Crippen LogP) is 5.59. The van der Waals surface area contributed by atoms with Crippen molar-refractivity contribution >= 4 is 33.5 Å². The van der Waals surface area contributed by atoms with Gasteiger partial charge >= 0.3 is 12.1 Å². The van der Waals surface area contributed by atoms with E-state index in [-0.39, 0.29) is 25.2 Å². The number of carbonyl (C=O) groups excluding carboxylic acids is 2. The van der Waals surface area contributed by atoms with Gasteiger partial charge in [-0.2, -0.15) is 0 Å². The molecule has 7 nitrogen and oxygen atoms in total. The molecule has 0 aliphatic carbocycles. The number of nitrogens with one attached hydrogen (secondary N) is 1. The molecule has 10 heteroatoms. The average Bonchev–Trinajstić information content (AvgIpc) is 2.77. The molecule has 0 fully saturated rings. The van der Waals surface area contributed by atoms with E-state index in [1.54, 1.807) is 58.0 Å². The van der Waals surface area contributed by atoms with Crippen LogP contribution in [-0.4, -0.2) is 50.7 Å². The molecular weight excluding hydrogens is 521 g/mol. The third-order valence-corrected chi connectivity index (χ3v) is 6.63. The molecule has 0 aromatic heterocycles. The quantitative estimate of drug-likeness (QED) is 0.363. The van der Waals surface area contributed by atoms with Crippen LogP contribution in [-0.2, 0) is 30.5 Å². The summed E-state index contributed by atoms with van der Waals surface area (Å²) in [6.07, 6.45) is 0.998. The zero-order chi connectivity index (χ0) is 27.8. The van der Waals surface area contributed by atoms with Gasteiger partial charge in [-0.3, -0.25) is 4.79 Å². The highest BCUT2D eigenvalue weighted by Crippen LogP contribution is 2.27. The maximum absolute atomic E-state index is 14.3. The highest BCUT2D eigenvalue weighted by Gasteiger charge is 2.28. The maximum atomic E-state index is 14.3. The molecule has 204 valence electrons. The van der Waals surface area contributed by atoms with Crippen molar-refractivity contribution in [3.05, 3.63) is 58.9 Å². The highest BCUT2D eigenvalue weighted by molar-refractivity contribution is 7.90. The fourth-order valence-corrected chi connectivity index (χ4v) is 4.67. The Bertz CT molecular complexity index is 1180. The lowest BCUT2D eigenvalue weighted by Crippen LogP contribution is -2.42. The molecule has 1 amide bonds. The molecule has 2 rings (SSSR count). The zero-order valence-electron chi connectivity index (χ0n) is 21.8. The van der Waals surface area contributed by atoms with Crippen molar-refractivity contribution in [3.8, 4) is 11.1 Å². The van der Waals surface area contributed by atoms with E-state index in [0.717, 1.165) is 11.8 Å². The summed E-state index contributed by atoms with van der Waals surface area (Å²) in [7, 11) is -3.31. The summed E-state index contributed by atoms with van der Waals surface area (Å²) in [5, 5.41) is 3.23. The SMILES string of the molecule is CCOC(=O)[C@H](CCS(C)(=O)=O)C[C@@H](Cc1ccc(-c2cc(Cl)ccc2F)cc1)NC(=O)OC(C)(C)C. The first-order valence-corrected chi connectivity index (χ1v) is 14.5. The molecular formula is C27H35ClFNO6S. The number of halogens is 2. The molecule has 0 bridgehead atoms. The summed E-state index contributed by atoms with van der Waals surface area (Å²) >= 11 is 6.02. The number of hydrogen-bond acceptors (Lipinski definition) is 6. The molecule has 0 radical (unpaired) electrons. The van der Waals surface area contributed by atoms with E-state index in [1.807, 2.05) is 0 Å². The molecule has 1 N–H and O–H groups in total. The second-order valence-corrected chi connectivity index (χ2v) is 12.7. The molecule has 0 unspecified atom stereocenters. The van der Waals surface area contributed by atoms with Crippen molar-refractivity contribution in [2.45, 2.75) is 58.6 Å². The van der Waals surface area contributed by atoms with Crippen LogP contribution in [0.15, 0.2) is 42.5 Å². The summed E-state index contributed by atoms with van der Waals surface area (Å²) in [4.78, 5) is 25.2. The minimum absolute atomic E-state index is 0.0666. The third kappa shape index (κ3) is 11.1. The zero-order valence-corrected chi connectivity index (χ0v) is 23.4. The topological polar surface area (TPSA) is 98.8 Å². The number of hydrogen-bond donors (Lipinski definition) is 1. The summed E-state index contributed by atoms with van der Waals surface area (Å²) in [6.45, 7) is 7.04. The molecule has 0 saturated heterocycles. The van der Waals surface area contributed by atoms with Gasteiger partial charge in [0.15, 0.2) is 0 Å². The minimum Gasteiger partial charge on any atom is -0.466 e. The van der Waals surface area contributed by atoms with Gasteiger partial charge in [0.2, 0.25) is 0 Å². The van der Waals surface area contributed by atoms with Gasteiger partial charge in [-0.05, 0) is 76.3 Å². The van der Waals surface area contributed by atoms with Crippen molar-refractivity contribution < 1.29 is 31.9 Å². The second-order valence-electron chi connectivity index (χ2n) is 9.97. The van der Waals surface area contributed by atoms with Gasteiger partial charge in [0.1, 0.15) is 21.3 Å². The van der Waals surface area contributed by atoms with Crippen LogP contribution in [0.2, 0.25) is 5.02 Å². The first kappa shape index (κ1) is 30.6. The lowest BCUT2D eigenvalue weighted by Gasteiger charge is -2.26. The van der Waals surface area contributed by atoms with E-state index >= 15 is 0 Å². The Hall–Kier alpha value is -2.65. The van der Waals surface area contributed by atoms with E-state index in [9.17, 15) is 22.4 Å². The largest absolute Gasteiger partial charge is 0.466 e. The van der Waals surface area contributed by atoms with Gasteiger partial charge < -0.3 is 14.8 Å². The van der Waals surface area contributed by atoms with E-state index in [2.05, 4.69) is 5.32 Å². The van der Waals surface area contributed by atoms with Gasteiger partial charge in [0.25, 0.3) is 0 Å². The Morgan fingerprint density at radius 2 is 1.76 bits per heavy atom. The monoisotopic (exact) mass is 555 g/mol.